The van der Waals surface area contributed by atoms with E-state index in [1.807, 2.05) is 32.9 Å². The van der Waals surface area contributed by atoms with E-state index in [1.54, 1.807) is 6.20 Å². The van der Waals surface area contributed by atoms with Crippen molar-refractivity contribution in [3.8, 4) is 5.75 Å². The molecule has 3 nitrogen and oxygen atoms in total. The molecule has 0 saturated carbocycles. The lowest BCUT2D eigenvalue weighted by molar-refractivity contribution is 0.241. The summed E-state index contributed by atoms with van der Waals surface area (Å²) in [7, 11) is 0. The fourth-order valence-corrected chi connectivity index (χ4v) is 1.01. The zero-order valence-electron chi connectivity index (χ0n) is 8.37. The van der Waals surface area contributed by atoms with Crippen LogP contribution in [0.25, 0.3) is 0 Å². The third-order valence-corrected chi connectivity index (χ3v) is 1.47. The van der Waals surface area contributed by atoms with Crippen molar-refractivity contribution >= 4 is 5.82 Å². The fourth-order valence-electron chi connectivity index (χ4n) is 1.01. The SMILES string of the molecule is CCNc1ccc(OC(C)C)cn1. The Labute approximate surface area is 79.1 Å². The maximum atomic E-state index is 5.46. The van der Waals surface area contributed by atoms with Gasteiger partial charge in [0.15, 0.2) is 0 Å². The van der Waals surface area contributed by atoms with Crippen LogP contribution in [0.4, 0.5) is 5.82 Å². The summed E-state index contributed by atoms with van der Waals surface area (Å²) < 4.78 is 5.46. The van der Waals surface area contributed by atoms with Crippen molar-refractivity contribution in [2.45, 2.75) is 26.9 Å². The van der Waals surface area contributed by atoms with Crippen molar-refractivity contribution in [2.24, 2.45) is 0 Å². The highest BCUT2D eigenvalue weighted by molar-refractivity contribution is 5.37. The molecule has 1 aromatic heterocycles. The fraction of sp³-hybridized carbons (Fsp3) is 0.500. The van der Waals surface area contributed by atoms with Crippen LogP contribution in [0.15, 0.2) is 18.3 Å². The third kappa shape index (κ3) is 3.32. The van der Waals surface area contributed by atoms with Gasteiger partial charge in [-0.05, 0) is 32.9 Å². The Bertz CT molecular complexity index is 244. The Morgan fingerprint density at radius 3 is 2.69 bits per heavy atom. The molecule has 0 aromatic carbocycles. The number of hydrogen-bond donors (Lipinski definition) is 1. The third-order valence-electron chi connectivity index (χ3n) is 1.47. The number of nitrogens with one attached hydrogen (secondary N) is 1. The number of ether oxygens (including phenoxy) is 1. The topological polar surface area (TPSA) is 34.1 Å². The van der Waals surface area contributed by atoms with Crippen LogP contribution in [-0.4, -0.2) is 17.6 Å². The molecule has 0 unspecified atom stereocenters. The quantitative estimate of drug-likeness (QED) is 0.772. The van der Waals surface area contributed by atoms with Gasteiger partial charge in [-0.25, -0.2) is 4.98 Å². The van der Waals surface area contributed by atoms with E-state index in [4.69, 9.17) is 4.74 Å². The van der Waals surface area contributed by atoms with Gasteiger partial charge in [0.1, 0.15) is 11.6 Å². The van der Waals surface area contributed by atoms with Gasteiger partial charge >= 0.3 is 0 Å². The molecule has 0 spiro atoms. The van der Waals surface area contributed by atoms with E-state index in [9.17, 15) is 0 Å². The molecule has 0 bridgehead atoms. The molecular formula is C10H16N2O. The molecule has 0 saturated heterocycles. The lowest BCUT2D eigenvalue weighted by Crippen LogP contribution is -2.06. The molecule has 1 heterocycles. The highest BCUT2D eigenvalue weighted by Crippen LogP contribution is 2.13. The van der Waals surface area contributed by atoms with Crippen molar-refractivity contribution in [3.63, 3.8) is 0 Å². The van der Waals surface area contributed by atoms with Gasteiger partial charge in [0.05, 0.1) is 12.3 Å². The first-order valence-corrected chi connectivity index (χ1v) is 4.59. The summed E-state index contributed by atoms with van der Waals surface area (Å²) in [5, 5.41) is 3.12. The second-order valence-corrected chi connectivity index (χ2v) is 3.08. The van der Waals surface area contributed by atoms with Crippen molar-refractivity contribution in [1.82, 2.24) is 4.98 Å². The molecular weight excluding hydrogens is 164 g/mol. The summed E-state index contributed by atoms with van der Waals surface area (Å²) in [4.78, 5) is 4.19. The molecule has 0 fully saturated rings. The minimum absolute atomic E-state index is 0.201. The molecule has 3 heteroatoms. The first-order valence-electron chi connectivity index (χ1n) is 4.59. The molecule has 0 amide bonds. The summed E-state index contributed by atoms with van der Waals surface area (Å²) in [6, 6.07) is 3.84. The van der Waals surface area contributed by atoms with Gasteiger partial charge in [-0.3, -0.25) is 0 Å². The highest BCUT2D eigenvalue weighted by Gasteiger charge is 1.97. The molecule has 1 aromatic rings. The average molecular weight is 180 g/mol. The van der Waals surface area contributed by atoms with Crippen LogP contribution in [0, 0.1) is 0 Å². The number of anilines is 1. The van der Waals surface area contributed by atoms with Gasteiger partial charge in [0.25, 0.3) is 0 Å². The van der Waals surface area contributed by atoms with Crippen molar-refractivity contribution < 1.29 is 4.74 Å². The Kier molecular flexibility index (Phi) is 3.55. The van der Waals surface area contributed by atoms with Crippen LogP contribution in [0.1, 0.15) is 20.8 Å². The summed E-state index contributed by atoms with van der Waals surface area (Å²) in [5.41, 5.74) is 0. The summed E-state index contributed by atoms with van der Waals surface area (Å²) in [6.45, 7) is 6.92. The van der Waals surface area contributed by atoms with Gasteiger partial charge < -0.3 is 10.1 Å². The molecule has 1 rings (SSSR count). The van der Waals surface area contributed by atoms with Crippen LogP contribution >= 0.6 is 0 Å². The number of nitrogens with zero attached hydrogens (tertiary/aromatic N) is 1. The Morgan fingerprint density at radius 1 is 1.46 bits per heavy atom. The van der Waals surface area contributed by atoms with Crippen molar-refractivity contribution in [1.29, 1.82) is 0 Å². The number of pyridine rings is 1. The molecule has 0 aliphatic carbocycles. The van der Waals surface area contributed by atoms with E-state index < -0.39 is 0 Å². The Morgan fingerprint density at radius 2 is 2.23 bits per heavy atom. The van der Waals surface area contributed by atoms with Crippen LogP contribution in [0.2, 0.25) is 0 Å². The van der Waals surface area contributed by atoms with E-state index in [0.717, 1.165) is 18.1 Å². The van der Waals surface area contributed by atoms with Crippen LogP contribution in [-0.2, 0) is 0 Å². The van der Waals surface area contributed by atoms with Gasteiger partial charge in [-0.15, -0.1) is 0 Å². The second-order valence-electron chi connectivity index (χ2n) is 3.08. The number of aromatic nitrogens is 1. The monoisotopic (exact) mass is 180 g/mol. The Hall–Kier alpha value is -1.25. The number of hydrogen-bond acceptors (Lipinski definition) is 3. The molecule has 1 N–H and O–H groups in total. The van der Waals surface area contributed by atoms with Gasteiger partial charge in [0.2, 0.25) is 0 Å². The summed E-state index contributed by atoms with van der Waals surface area (Å²) in [5.74, 6) is 1.70. The smallest absolute Gasteiger partial charge is 0.138 e. The Balaban J connectivity index is 2.59. The maximum absolute atomic E-state index is 5.46. The van der Waals surface area contributed by atoms with Crippen LogP contribution in [0.5, 0.6) is 5.75 Å². The zero-order valence-corrected chi connectivity index (χ0v) is 8.37. The first-order chi connectivity index (χ1) is 6.22. The van der Waals surface area contributed by atoms with Crippen molar-refractivity contribution in [2.75, 3.05) is 11.9 Å². The second kappa shape index (κ2) is 4.70. The predicted molar refractivity (Wildman–Crippen MR) is 54.2 cm³/mol. The van der Waals surface area contributed by atoms with E-state index in [1.165, 1.54) is 0 Å². The molecule has 72 valence electrons. The number of rotatable bonds is 4. The molecule has 0 aliphatic heterocycles. The molecule has 13 heavy (non-hydrogen) atoms. The highest BCUT2D eigenvalue weighted by atomic mass is 16.5. The largest absolute Gasteiger partial charge is 0.489 e. The summed E-state index contributed by atoms with van der Waals surface area (Å²) >= 11 is 0. The van der Waals surface area contributed by atoms with Crippen LogP contribution in [0.3, 0.4) is 0 Å². The van der Waals surface area contributed by atoms with E-state index in [2.05, 4.69) is 10.3 Å². The minimum Gasteiger partial charge on any atom is -0.489 e. The van der Waals surface area contributed by atoms with Gasteiger partial charge in [0, 0.05) is 6.54 Å². The predicted octanol–water partition coefficient (Wildman–Crippen LogP) is 2.30. The minimum atomic E-state index is 0.201. The molecule has 0 atom stereocenters. The van der Waals surface area contributed by atoms with Gasteiger partial charge in [-0.2, -0.15) is 0 Å². The summed E-state index contributed by atoms with van der Waals surface area (Å²) in [6.07, 6.45) is 1.93. The normalized spacial score (nSPS) is 10.2. The van der Waals surface area contributed by atoms with Crippen molar-refractivity contribution in [3.05, 3.63) is 18.3 Å². The first kappa shape index (κ1) is 9.84. The maximum Gasteiger partial charge on any atom is 0.138 e. The van der Waals surface area contributed by atoms with Crippen LogP contribution < -0.4 is 10.1 Å². The standard InChI is InChI=1S/C10H16N2O/c1-4-11-10-6-5-9(7-12-10)13-8(2)3/h5-8H,4H2,1-3H3,(H,11,12). The van der Waals surface area contributed by atoms with E-state index in [-0.39, 0.29) is 6.10 Å². The van der Waals surface area contributed by atoms with Gasteiger partial charge in [-0.1, -0.05) is 0 Å². The lowest BCUT2D eigenvalue weighted by Gasteiger charge is -2.09. The molecule has 0 aliphatic rings. The zero-order chi connectivity index (χ0) is 9.68. The lowest BCUT2D eigenvalue weighted by atomic mass is 10.4. The molecule has 0 radical (unpaired) electrons. The van der Waals surface area contributed by atoms with E-state index in [0.29, 0.717) is 0 Å². The average Bonchev–Trinajstić information content (AvgIpc) is 2.08. The van der Waals surface area contributed by atoms with E-state index >= 15 is 0 Å².